The van der Waals surface area contributed by atoms with Gasteiger partial charge in [-0.15, -0.1) is 0 Å². The van der Waals surface area contributed by atoms with E-state index in [2.05, 4.69) is 5.32 Å². The van der Waals surface area contributed by atoms with Gasteiger partial charge in [0.1, 0.15) is 5.58 Å². The first kappa shape index (κ1) is 19.8. The number of halogens is 1. The first-order valence-corrected chi connectivity index (χ1v) is 9.00. The molecule has 28 heavy (non-hydrogen) atoms. The van der Waals surface area contributed by atoms with Gasteiger partial charge >= 0.3 is 5.63 Å². The Kier molecular flexibility index (Phi) is 5.90. The van der Waals surface area contributed by atoms with Crippen molar-refractivity contribution in [2.24, 2.45) is 0 Å². The zero-order chi connectivity index (χ0) is 20.3. The van der Waals surface area contributed by atoms with Gasteiger partial charge in [0.25, 0.3) is 0 Å². The van der Waals surface area contributed by atoms with Crippen molar-refractivity contribution >= 4 is 28.5 Å². The van der Waals surface area contributed by atoms with E-state index in [-0.39, 0.29) is 18.9 Å². The van der Waals surface area contributed by atoms with Crippen molar-refractivity contribution in [3.8, 4) is 11.5 Å². The van der Waals surface area contributed by atoms with Crippen LogP contribution in [-0.4, -0.2) is 20.1 Å². The number of fused-ring (bicyclic) bond motifs is 1. The molecule has 0 saturated carbocycles. The Morgan fingerprint density at radius 3 is 2.50 bits per heavy atom. The first-order valence-electron chi connectivity index (χ1n) is 8.63. The molecule has 3 aromatic rings. The minimum atomic E-state index is -0.551. The number of rotatable bonds is 6. The van der Waals surface area contributed by atoms with Gasteiger partial charge in [0.15, 0.2) is 11.5 Å². The molecule has 7 heteroatoms. The van der Waals surface area contributed by atoms with E-state index in [4.69, 9.17) is 25.5 Å². The summed E-state index contributed by atoms with van der Waals surface area (Å²) in [5.41, 5.74) is 1.60. The van der Waals surface area contributed by atoms with Gasteiger partial charge in [-0.2, -0.15) is 0 Å². The number of hydrogen-bond donors (Lipinski definition) is 1. The molecule has 0 fully saturated rings. The van der Waals surface area contributed by atoms with Gasteiger partial charge in [-0.1, -0.05) is 29.8 Å². The second-order valence-corrected chi connectivity index (χ2v) is 6.65. The monoisotopic (exact) mass is 401 g/mol. The Hall–Kier alpha value is -2.99. The molecule has 1 N–H and O–H groups in total. The third-order valence-electron chi connectivity index (χ3n) is 4.56. The lowest BCUT2D eigenvalue weighted by Crippen LogP contribution is -2.27. The molecule has 0 atom stereocenters. The Labute approximate surface area is 167 Å². The summed E-state index contributed by atoms with van der Waals surface area (Å²) >= 11 is 6.10. The molecular weight excluding hydrogens is 382 g/mol. The third-order valence-corrected chi connectivity index (χ3v) is 4.93. The first-order chi connectivity index (χ1) is 13.4. The normalized spacial score (nSPS) is 10.7. The molecule has 0 unspecified atom stereocenters. The third kappa shape index (κ3) is 3.97. The van der Waals surface area contributed by atoms with Crippen LogP contribution >= 0.6 is 11.6 Å². The van der Waals surface area contributed by atoms with Crippen molar-refractivity contribution in [3.63, 3.8) is 0 Å². The van der Waals surface area contributed by atoms with Gasteiger partial charge in [0.05, 0.1) is 26.2 Å². The van der Waals surface area contributed by atoms with Crippen molar-refractivity contribution in [1.82, 2.24) is 5.32 Å². The second-order valence-electron chi connectivity index (χ2n) is 6.24. The SMILES string of the molecule is COc1cc2oc(=O)c(CC(=O)NCc3ccccc3Cl)c(C)c2cc1OC. The lowest BCUT2D eigenvalue weighted by Gasteiger charge is -2.12. The average molecular weight is 402 g/mol. The molecule has 0 aliphatic rings. The Morgan fingerprint density at radius 2 is 1.82 bits per heavy atom. The average Bonchev–Trinajstić information content (AvgIpc) is 2.69. The van der Waals surface area contributed by atoms with Crippen LogP contribution in [0.25, 0.3) is 11.0 Å². The van der Waals surface area contributed by atoms with E-state index < -0.39 is 5.63 Å². The summed E-state index contributed by atoms with van der Waals surface area (Å²) in [5.74, 6) is 0.680. The number of nitrogens with one attached hydrogen (secondary N) is 1. The molecule has 0 bridgehead atoms. The van der Waals surface area contributed by atoms with E-state index in [1.165, 1.54) is 14.2 Å². The fraction of sp³-hybridized carbons (Fsp3) is 0.238. The Bertz CT molecular complexity index is 1090. The highest BCUT2D eigenvalue weighted by Crippen LogP contribution is 2.33. The summed E-state index contributed by atoms with van der Waals surface area (Å²) in [5, 5.41) is 4.04. The van der Waals surface area contributed by atoms with Crippen LogP contribution in [-0.2, 0) is 17.8 Å². The van der Waals surface area contributed by atoms with Crippen molar-refractivity contribution in [2.45, 2.75) is 19.9 Å². The van der Waals surface area contributed by atoms with Gasteiger partial charge in [-0.05, 0) is 30.2 Å². The van der Waals surface area contributed by atoms with Crippen LogP contribution in [0.15, 0.2) is 45.6 Å². The number of ether oxygens (including phenoxy) is 2. The molecule has 1 amide bonds. The van der Waals surface area contributed by atoms with Crippen molar-refractivity contribution < 1.29 is 18.7 Å². The summed E-state index contributed by atoms with van der Waals surface area (Å²) < 4.78 is 16.0. The summed E-state index contributed by atoms with van der Waals surface area (Å²) in [7, 11) is 3.04. The minimum absolute atomic E-state index is 0.0943. The van der Waals surface area contributed by atoms with Crippen LogP contribution in [0, 0.1) is 6.92 Å². The molecule has 0 aliphatic carbocycles. The summed E-state index contributed by atoms with van der Waals surface area (Å²) in [6, 6.07) is 10.6. The maximum Gasteiger partial charge on any atom is 0.340 e. The summed E-state index contributed by atoms with van der Waals surface area (Å²) in [6.07, 6.45) is -0.0943. The van der Waals surface area contributed by atoms with Crippen molar-refractivity contribution in [3.05, 3.63) is 68.5 Å². The summed E-state index contributed by atoms with van der Waals surface area (Å²) in [6.45, 7) is 2.06. The lowest BCUT2D eigenvalue weighted by molar-refractivity contribution is -0.120. The molecule has 2 aromatic carbocycles. The van der Waals surface area contributed by atoms with Crippen molar-refractivity contribution in [2.75, 3.05) is 14.2 Å². The van der Waals surface area contributed by atoms with Crippen LogP contribution in [0.2, 0.25) is 5.02 Å². The van der Waals surface area contributed by atoms with E-state index in [0.29, 0.717) is 38.6 Å². The number of amides is 1. The number of methoxy groups -OCH3 is 2. The van der Waals surface area contributed by atoms with E-state index in [1.54, 1.807) is 25.1 Å². The molecule has 6 nitrogen and oxygen atoms in total. The Morgan fingerprint density at radius 1 is 1.14 bits per heavy atom. The number of aryl methyl sites for hydroxylation is 1. The zero-order valence-electron chi connectivity index (χ0n) is 15.8. The molecule has 146 valence electrons. The van der Waals surface area contributed by atoms with E-state index in [1.807, 2.05) is 18.2 Å². The predicted octanol–water partition coefficient (Wildman–Crippen LogP) is 3.63. The van der Waals surface area contributed by atoms with Gasteiger partial charge < -0.3 is 19.2 Å². The maximum absolute atomic E-state index is 12.4. The molecule has 1 aromatic heterocycles. The fourth-order valence-electron chi connectivity index (χ4n) is 2.98. The minimum Gasteiger partial charge on any atom is -0.493 e. The molecule has 0 radical (unpaired) electrons. The smallest absolute Gasteiger partial charge is 0.340 e. The highest BCUT2D eigenvalue weighted by Gasteiger charge is 2.17. The highest BCUT2D eigenvalue weighted by atomic mass is 35.5. The standard InChI is InChI=1S/C21H20ClNO5/c1-12-14-8-18(26-2)19(27-3)10-17(14)28-21(25)15(12)9-20(24)23-11-13-6-4-5-7-16(13)22/h4-8,10H,9,11H2,1-3H3,(H,23,24). The van der Waals surface area contributed by atoms with Crippen LogP contribution in [0.3, 0.4) is 0 Å². The lowest BCUT2D eigenvalue weighted by atomic mass is 10.0. The summed E-state index contributed by atoms with van der Waals surface area (Å²) in [4.78, 5) is 24.8. The van der Waals surface area contributed by atoms with Crippen LogP contribution < -0.4 is 20.4 Å². The zero-order valence-corrected chi connectivity index (χ0v) is 16.6. The second kappa shape index (κ2) is 8.35. The molecule has 0 aliphatic heterocycles. The van der Waals surface area contributed by atoms with E-state index >= 15 is 0 Å². The maximum atomic E-state index is 12.4. The quantitative estimate of drug-likeness (QED) is 0.638. The van der Waals surface area contributed by atoms with Crippen molar-refractivity contribution in [1.29, 1.82) is 0 Å². The molecule has 3 rings (SSSR count). The van der Waals surface area contributed by atoms with Crippen LogP contribution in [0.4, 0.5) is 0 Å². The van der Waals surface area contributed by atoms with Gasteiger partial charge in [0, 0.05) is 23.0 Å². The number of benzene rings is 2. The van der Waals surface area contributed by atoms with E-state index in [9.17, 15) is 9.59 Å². The molecule has 0 saturated heterocycles. The highest BCUT2D eigenvalue weighted by molar-refractivity contribution is 6.31. The van der Waals surface area contributed by atoms with Gasteiger partial charge in [0.2, 0.25) is 5.91 Å². The number of hydrogen-bond acceptors (Lipinski definition) is 5. The van der Waals surface area contributed by atoms with Crippen LogP contribution in [0.5, 0.6) is 11.5 Å². The fourth-order valence-corrected chi connectivity index (χ4v) is 3.18. The Balaban J connectivity index is 1.87. The topological polar surface area (TPSA) is 77.8 Å². The van der Waals surface area contributed by atoms with E-state index in [0.717, 1.165) is 5.56 Å². The van der Waals surface area contributed by atoms with Gasteiger partial charge in [-0.25, -0.2) is 4.79 Å². The predicted molar refractivity (Wildman–Crippen MR) is 107 cm³/mol. The van der Waals surface area contributed by atoms with Gasteiger partial charge in [-0.3, -0.25) is 4.79 Å². The molecule has 1 heterocycles. The molecule has 0 spiro atoms. The largest absolute Gasteiger partial charge is 0.493 e. The molecular formula is C21H20ClNO5. The van der Waals surface area contributed by atoms with Crippen LogP contribution in [0.1, 0.15) is 16.7 Å². The number of carbonyl (C=O) groups is 1. The number of carbonyl (C=O) groups excluding carboxylic acids is 1.